The van der Waals surface area contributed by atoms with Gasteiger partial charge in [0.05, 0.1) is 27.7 Å². The van der Waals surface area contributed by atoms with E-state index in [4.69, 9.17) is 11.6 Å². The highest BCUT2D eigenvalue weighted by Crippen LogP contribution is 2.29. The molecule has 1 N–H and O–H groups in total. The van der Waals surface area contributed by atoms with Gasteiger partial charge in [-0.15, -0.1) is 0 Å². The van der Waals surface area contributed by atoms with Crippen LogP contribution in [0, 0.1) is 11.6 Å². The summed E-state index contributed by atoms with van der Waals surface area (Å²) in [6.07, 6.45) is 1.34. The number of rotatable bonds is 3. The molecule has 3 rings (SSSR count). The number of nitrogens with zero attached hydrogens (tertiary/aromatic N) is 1. The molecule has 1 amide bonds. The number of anilines is 2. The van der Waals surface area contributed by atoms with Crippen LogP contribution in [0.4, 0.5) is 20.2 Å². The first kappa shape index (κ1) is 18.6. The number of amides is 1. The normalized spacial score (nSPS) is 16.3. The first-order valence-corrected chi connectivity index (χ1v) is 9.83. The molecule has 26 heavy (non-hydrogen) atoms. The van der Waals surface area contributed by atoms with Crippen molar-refractivity contribution in [1.29, 1.82) is 0 Å². The minimum absolute atomic E-state index is 0.0117. The molecule has 0 saturated carbocycles. The third-order valence-electron chi connectivity index (χ3n) is 4.01. The van der Waals surface area contributed by atoms with Crippen molar-refractivity contribution in [2.45, 2.75) is 12.8 Å². The second-order valence-corrected chi connectivity index (χ2v) is 8.26. The van der Waals surface area contributed by atoms with Crippen LogP contribution in [0.25, 0.3) is 0 Å². The van der Waals surface area contributed by atoms with Gasteiger partial charge in [0, 0.05) is 12.6 Å². The Bertz CT molecular complexity index is 966. The Balaban J connectivity index is 1.85. The quantitative estimate of drug-likeness (QED) is 0.852. The Morgan fingerprint density at radius 1 is 1.12 bits per heavy atom. The monoisotopic (exact) mass is 400 g/mol. The molecule has 5 nitrogen and oxygen atoms in total. The Kier molecular flexibility index (Phi) is 5.15. The third kappa shape index (κ3) is 3.81. The summed E-state index contributed by atoms with van der Waals surface area (Å²) in [6, 6.07) is 6.89. The van der Waals surface area contributed by atoms with Crippen molar-refractivity contribution in [3.8, 4) is 0 Å². The molecule has 9 heteroatoms. The molecule has 0 unspecified atom stereocenters. The summed E-state index contributed by atoms with van der Waals surface area (Å²) in [4.78, 5) is 12.3. The number of hydrogen-bond acceptors (Lipinski definition) is 3. The largest absolute Gasteiger partial charge is 0.319 e. The van der Waals surface area contributed by atoms with Gasteiger partial charge in [-0.3, -0.25) is 9.10 Å². The van der Waals surface area contributed by atoms with Gasteiger partial charge in [0.2, 0.25) is 10.0 Å². The fourth-order valence-corrected chi connectivity index (χ4v) is 4.60. The zero-order chi connectivity index (χ0) is 18.9. The fourth-order valence-electron chi connectivity index (χ4n) is 2.71. The van der Waals surface area contributed by atoms with Gasteiger partial charge < -0.3 is 5.32 Å². The third-order valence-corrected chi connectivity index (χ3v) is 6.19. The second kappa shape index (κ2) is 7.20. The average molecular weight is 401 g/mol. The topological polar surface area (TPSA) is 66.5 Å². The van der Waals surface area contributed by atoms with E-state index in [1.54, 1.807) is 0 Å². The first-order chi connectivity index (χ1) is 12.3. The Labute approximate surface area is 154 Å². The van der Waals surface area contributed by atoms with Crippen LogP contribution in [0.2, 0.25) is 5.02 Å². The van der Waals surface area contributed by atoms with Gasteiger partial charge in [-0.1, -0.05) is 11.6 Å². The lowest BCUT2D eigenvalue weighted by molar-refractivity contribution is 0.102. The van der Waals surface area contributed by atoms with E-state index in [1.165, 1.54) is 22.5 Å². The van der Waals surface area contributed by atoms with E-state index in [-0.39, 0.29) is 22.0 Å². The molecule has 1 aliphatic heterocycles. The van der Waals surface area contributed by atoms with Gasteiger partial charge in [-0.05, 0) is 43.2 Å². The maximum atomic E-state index is 13.7. The molecule has 0 atom stereocenters. The van der Waals surface area contributed by atoms with Crippen molar-refractivity contribution in [3.05, 3.63) is 58.6 Å². The maximum Gasteiger partial charge on any atom is 0.257 e. The molecule has 1 saturated heterocycles. The Hall–Kier alpha value is -2.19. The molecule has 1 fully saturated rings. The molecule has 0 radical (unpaired) electrons. The predicted molar refractivity (Wildman–Crippen MR) is 96.1 cm³/mol. The highest BCUT2D eigenvalue weighted by atomic mass is 35.5. The smallest absolute Gasteiger partial charge is 0.257 e. The van der Waals surface area contributed by atoms with Crippen LogP contribution in [0.1, 0.15) is 23.2 Å². The van der Waals surface area contributed by atoms with Crippen molar-refractivity contribution in [2.24, 2.45) is 0 Å². The van der Waals surface area contributed by atoms with Crippen LogP contribution in [-0.4, -0.2) is 26.6 Å². The lowest BCUT2D eigenvalue weighted by Gasteiger charge is -2.28. The van der Waals surface area contributed by atoms with Crippen molar-refractivity contribution in [1.82, 2.24) is 0 Å². The van der Waals surface area contributed by atoms with Gasteiger partial charge in [0.15, 0.2) is 0 Å². The van der Waals surface area contributed by atoms with Gasteiger partial charge in [-0.2, -0.15) is 0 Å². The molecule has 0 aliphatic carbocycles. The number of carbonyl (C=O) groups excluding carboxylic acids is 1. The zero-order valence-electron chi connectivity index (χ0n) is 13.5. The van der Waals surface area contributed by atoms with E-state index in [0.29, 0.717) is 18.7 Å². The summed E-state index contributed by atoms with van der Waals surface area (Å²) in [7, 11) is -3.40. The van der Waals surface area contributed by atoms with Gasteiger partial charge >= 0.3 is 0 Å². The van der Waals surface area contributed by atoms with E-state index >= 15 is 0 Å². The fraction of sp³-hybridized carbons (Fsp3) is 0.235. The van der Waals surface area contributed by atoms with Crippen molar-refractivity contribution < 1.29 is 22.0 Å². The summed E-state index contributed by atoms with van der Waals surface area (Å²) >= 11 is 6.12. The van der Waals surface area contributed by atoms with E-state index in [2.05, 4.69) is 5.32 Å². The van der Waals surface area contributed by atoms with Crippen LogP contribution in [0.5, 0.6) is 0 Å². The van der Waals surface area contributed by atoms with Crippen LogP contribution in [0.15, 0.2) is 36.4 Å². The number of sulfonamides is 1. The highest BCUT2D eigenvalue weighted by Gasteiger charge is 2.26. The van der Waals surface area contributed by atoms with E-state index in [9.17, 15) is 22.0 Å². The van der Waals surface area contributed by atoms with Gasteiger partial charge in [0.1, 0.15) is 11.6 Å². The molecular formula is C17H15ClF2N2O3S. The van der Waals surface area contributed by atoms with E-state index in [1.807, 2.05) is 0 Å². The van der Waals surface area contributed by atoms with Crippen LogP contribution < -0.4 is 9.62 Å². The SMILES string of the molecule is O=C(Nc1cc(F)ccc1F)c1ccc(N2CCCCS2(=O)=O)cc1Cl. The second-order valence-electron chi connectivity index (χ2n) is 5.84. The van der Waals surface area contributed by atoms with Gasteiger partial charge in [0.25, 0.3) is 5.91 Å². The van der Waals surface area contributed by atoms with Crippen molar-refractivity contribution in [2.75, 3.05) is 21.9 Å². The molecular weight excluding hydrogens is 386 g/mol. The maximum absolute atomic E-state index is 13.7. The molecule has 1 aliphatic rings. The summed E-state index contributed by atoms with van der Waals surface area (Å²) in [5.41, 5.74) is 0.0745. The molecule has 0 bridgehead atoms. The lowest BCUT2D eigenvalue weighted by atomic mass is 10.1. The summed E-state index contributed by atoms with van der Waals surface area (Å²) in [5.74, 6) is -2.15. The van der Waals surface area contributed by atoms with Crippen molar-refractivity contribution >= 4 is 38.9 Å². The highest BCUT2D eigenvalue weighted by molar-refractivity contribution is 7.92. The first-order valence-electron chi connectivity index (χ1n) is 7.84. The summed E-state index contributed by atoms with van der Waals surface area (Å²) in [5, 5.41) is 2.26. The standard InChI is InChI=1S/C17H15ClF2N2O3S/c18-14-10-12(22-7-1-2-8-26(22,24)25)4-5-13(14)17(23)21-16-9-11(19)3-6-15(16)20/h3-6,9-10H,1-2,7-8H2,(H,21,23). The minimum atomic E-state index is -3.40. The van der Waals surface area contributed by atoms with E-state index < -0.39 is 27.6 Å². The average Bonchev–Trinajstić information content (AvgIpc) is 2.57. The Morgan fingerprint density at radius 2 is 1.88 bits per heavy atom. The van der Waals surface area contributed by atoms with Crippen molar-refractivity contribution in [3.63, 3.8) is 0 Å². The van der Waals surface area contributed by atoms with E-state index in [0.717, 1.165) is 24.6 Å². The predicted octanol–water partition coefficient (Wildman–Crippen LogP) is 3.80. The molecule has 138 valence electrons. The lowest BCUT2D eigenvalue weighted by Crippen LogP contribution is -2.37. The Morgan fingerprint density at radius 3 is 2.58 bits per heavy atom. The number of carbonyl (C=O) groups is 1. The molecule has 0 spiro atoms. The number of halogens is 3. The van der Waals surface area contributed by atoms with Gasteiger partial charge in [-0.25, -0.2) is 17.2 Å². The molecule has 0 aromatic heterocycles. The van der Waals surface area contributed by atoms with Crippen LogP contribution in [0.3, 0.4) is 0 Å². The summed E-state index contributed by atoms with van der Waals surface area (Å²) in [6.45, 7) is 0.346. The molecule has 1 heterocycles. The number of nitrogens with one attached hydrogen (secondary N) is 1. The summed E-state index contributed by atoms with van der Waals surface area (Å²) < 4.78 is 52.4. The minimum Gasteiger partial charge on any atom is -0.319 e. The zero-order valence-corrected chi connectivity index (χ0v) is 15.1. The van der Waals surface area contributed by atoms with Crippen LogP contribution in [-0.2, 0) is 10.0 Å². The van der Waals surface area contributed by atoms with Crippen LogP contribution >= 0.6 is 11.6 Å². The molecule has 2 aromatic rings. The number of hydrogen-bond donors (Lipinski definition) is 1. The molecule has 2 aromatic carbocycles. The number of benzene rings is 2.